The lowest BCUT2D eigenvalue weighted by atomic mass is 10.1. The molecule has 0 aliphatic rings. The van der Waals surface area contributed by atoms with Crippen LogP contribution >= 0.6 is 23.4 Å². The molecule has 3 aromatic rings. The van der Waals surface area contributed by atoms with Crippen LogP contribution in [-0.2, 0) is 26.2 Å². The molecule has 0 bridgehead atoms. The van der Waals surface area contributed by atoms with Crippen molar-refractivity contribution >= 4 is 50.9 Å². The van der Waals surface area contributed by atoms with Crippen LogP contribution in [0.25, 0.3) is 0 Å². The molecule has 2 amide bonds. The van der Waals surface area contributed by atoms with Crippen LogP contribution in [0.4, 0.5) is 5.69 Å². The number of anilines is 1. The molecule has 3 aromatic carbocycles. The third-order valence-corrected chi connectivity index (χ3v) is 9.02. The number of benzene rings is 3. The lowest BCUT2D eigenvalue weighted by Gasteiger charge is -2.33. The second kappa shape index (κ2) is 14.3. The van der Waals surface area contributed by atoms with Crippen LogP contribution in [-0.4, -0.2) is 56.1 Å². The van der Waals surface area contributed by atoms with Gasteiger partial charge in [0, 0.05) is 22.0 Å². The van der Waals surface area contributed by atoms with Gasteiger partial charge in [-0.2, -0.15) is 0 Å². The number of rotatable bonds is 12. The van der Waals surface area contributed by atoms with Gasteiger partial charge < -0.3 is 15.0 Å². The number of nitrogens with one attached hydrogen (secondary N) is 1. The Bertz CT molecular complexity index is 1490. The summed E-state index contributed by atoms with van der Waals surface area (Å²) in [6, 6.07) is 19.2. The van der Waals surface area contributed by atoms with Gasteiger partial charge >= 0.3 is 0 Å². The van der Waals surface area contributed by atoms with E-state index in [0.717, 1.165) is 9.20 Å². The minimum Gasteiger partial charge on any atom is -0.492 e. The van der Waals surface area contributed by atoms with Gasteiger partial charge in [-0.15, -0.1) is 11.8 Å². The van der Waals surface area contributed by atoms with Crippen molar-refractivity contribution in [2.24, 2.45) is 0 Å². The van der Waals surface area contributed by atoms with Gasteiger partial charge in [0.15, 0.2) is 0 Å². The number of hydrogen-bond donors (Lipinski definition) is 1. The predicted octanol–water partition coefficient (Wildman–Crippen LogP) is 5.99. The Labute approximate surface area is 258 Å². The number of hydrogen-bond acceptors (Lipinski definition) is 6. The summed E-state index contributed by atoms with van der Waals surface area (Å²) in [5, 5.41) is 3.40. The van der Waals surface area contributed by atoms with E-state index < -0.39 is 34.1 Å². The average molecular weight is 632 g/mol. The zero-order valence-corrected chi connectivity index (χ0v) is 27.1. The molecule has 0 heterocycles. The van der Waals surface area contributed by atoms with E-state index in [4.69, 9.17) is 16.3 Å². The van der Waals surface area contributed by atoms with Gasteiger partial charge in [0.1, 0.15) is 18.3 Å². The minimum absolute atomic E-state index is 0.0271. The molecule has 42 heavy (non-hydrogen) atoms. The normalized spacial score (nSPS) is 12.4. The fourth-order valence-electron chi connectivity index (χ4n) is 4.22. The topological polar surface area (TPSA) is 96.0 Å². The summed E-state index contributed by atoms with van der Waals surface area (Å²) in [5.41, 5.74) is 0.379. The van der Waals surface area contributed by atoms with Crippen molar-refractivity contribution in [2.45, 2.75) is 62.5 Å². The molecule has 3 rings (SSSR count). The molecule has 226 valence electrons. The number of thioether (sulfide) groups is 1. The summed E-state index contributed by atoms with van der Waals surface area (Å²) < 4.78 is 35.1. The number of sulfonamides is 1. The molecule has 0 aromatic heterocycles. The fraction of sp³-hybridized carbons (Fsp3) is 0.355. The first-order chi connectivity index (χ1) is 19.8. The van der Waals surface area contributed by atoms with Crippen LogP contribution in [0.1, 0.15) is 40.2 Å². The van der Waals surface area contributed by atoms with E-state index in [2.05, 4.69) is 5.32 Å². The highest BCUT2D eigenvalue weighted by molar-refractivity contribution is 7.98. The van der Waals surface area contributed by atoms with Crippen LogP contribution in [0.5, 0.6) is 5.75 Å². The van der Waals surface area contributed by atoms with Crippen LogP contribution in [0.2, 0.25) is 5.02 Å². The Morgan fingerprint density at radius 2 is 1.69 bits per heavy atom. The molecule has 0 aliphatic carbocycles. The highest BCUT2D eigenvalue weighted by Gasteiger charge is 2.34. The Morgan fingerprint density at radius 1 is 1.02 bits per heavy atom. The maximum Gasteiger partial charge on any atom is 0.264 e. The van der Waals surface area contributed by atoms with E-state index in [0.29, 0.717) is 22.9 Å². The number of carbonyl (C=O) groups excluding carboxylic acids is 2. The van der Waals surface area contributed by atoms with Gasteiger partial charge in [0.2, 0.25) is 11.8 Å². The van der Waals surface area contributed by atoms with Crippen molar-refractivity contribution in [3.05, 3.63) is 83.4 Å². The van der Waals surface area contributed by atoms with Gasteiger partial charge in [-0.3, -0.25) is 13.9 Å². The molecular weight excluding hydrogens is 594 g/mol. The van der Waals surface area contributed by atoms with Crippen molar-refractivity contribution in [2.75, 3.05) is 23.7 Å². The van der Waals surface area contributed by atoms with E-state index in [1.807, 2.05) is 27.0 Å². The Morgan fingerprint density at radius 3 is 2.29 bits per heavy atom. The quantitative estimate of drug-likeness (QED) is 0.247. The molecule has 0 spiro atoms. The van der Waals surface area contributed by atoms with Crippen LogP contribution in [0.15, 0.2) is 82.6 Å². The summed E-state index contributed by atoms with van der Waals surface area (Å²) in [6.07, 6.45) is 1.90. The van der Waals surface area contributed by atoms with Crippen molar-refractivity contribution in [3.8, 4) is 5.75 Å². The molecule has 1 N–H and O–H groups in total. The Kier molecular flexibility index (Phi) is 11.3. The Hall–Kier alpha value is -3.21. The van der Waals surface area contributed by atoms with Crippen molar-refractivity contribution in [3.63, 3.8) is 0 Å². The predicted molar refractivity (Wildman–Crippen MR) is 170 cm³/mol. The summed E-state index contributed by atoms with van der Waals surface area (Å²) in [6.45, 7) is 8.74. The molecule has 0 saturated carbocycles. The van der Waals surface area contributed by atoms with Gasteiger partial charge in [-0.1, -0.05) is 35.9 Å². The van der Waals surface area contributed by atoms with Crippen molar-refractivity contribution in [1.29, 1.82) is 0 Å². The van der Waals surface area contributed by atoms with E-state index in [-0.39, 0.29) is 23.0 Å². The highest BCUT2D eigenvalue weighted by atomic mass is 35.5. The largest absolute Gasteiger partial charge is 0.492 e. The molecule has 8 nitrogen and oxygen atoms in total. The number of halogens is 1. The minimum atomic E-state index is -4.23. The summed E-state index contributed by atoms with van der Waals surface area (Å²) in [4.78, 5) is 29.7. The molecule has 0 saturated heterocycles. The second-order valence-corrected chi connectivity index (χ2v) is 13.8. The smallest absolute Gasteiger partial charge is 0.264 e. The lowest BCUT2D eigenvalue weighted by Crippen LogP contribution is -2.54. The number of para-hydroxylation sites is 2. The highest BCUT2D eigenvalue weighted by Crippen LogP contribution is 2.33. The maximum absolute atomic E-state index is 14.1. The summed E-state index contributed by atoms with van der Waals surface area (Å²) in [5.74, 6) is -0.617. The van der Waals surface area contributed by atoms with Crippen molar-refractivity contribution in [1.82, 2.24) is 10.2 Å². The third kappa shape index (κ3) is 8.65. The molecule has 0 aliphatic heterocycles. The standard InChI is InChI=1S/C31H38ClN3O5S2/c1-7-40-28-14-9-8-13-27(28)35(42(38,39)26-17-15-25(41-6)16-18-26)21-29(36)34(20-23-11-10-12-24(32)19-23)22(2)30(37)33-31(3,4)5/h8-19,22H,7,20-21H2,1-6H3,(H,33,37)/t22-/m0/s1. The monoisotopic (exact) mass is 631 g/mol. The van der Waals surface area contributed by atoms with Crippen LogP contribution in [0, 0.1) is 0 Å². The first kappa shape index (κ1) is 33.3. The molecular formula is C31H38ClN3O5S2. The second-order valence-electron chi connectivity index (χ2n) is 10.7. The maximum atomic E-state index is 14.1. The molecule has 0 radical (unpaired) electrons. The average Bonchev–Trinajstić information content (AvgIpc) is 2.94. The first-order valence-corrected chi connectivity index (χ1v) is 16.6. The first-order valence-electron chi connectivity index (χ1n) is 13.5. The van der Waals surface area contributed by atoms with Gasteiger partial charge in [0.25, 0.3) is 10.0 Å². The van der Waals surface area contributed by atoms with Gasteiger partial charge in [0.05, 0.1) is 17.2 Å². The van der Waals surface area contributed by atoms with Crippen LogP contribution in [0.3, 0.4) is 0 Å². The van der Waals surface area contributed by atoms with Gasteiger partial charge in [-0.25, -0.2) is 8.42 Å². The zero-order chi connectivity index (χ0) is 31.1. The summed E-state index contributed by atoms with van der Waals surface area (Å²) >= 11 is 7.70. The summed E-state index contributed by atoms with van der Waals surface area (Å²) in [7, 11) is -4.23. The molecule has 0 unspecified atom stereocenters. The zero-order valence-electron chi connectivity index (χ0n) is 24.8. The molecule has 1 atom stereocenters. The van der Waals surface area contributed by atoms with E-state index in [1.54, 1.807) is 74.5 Å². The molecule has 11 heteroatoms. The van der Waals surface area contributed by atoms with E-state index >= 15 is 0 Å². The lowest BCUT2D eigenvalue weighted by molar-refractivity contribution is -0.140. The van der Waals surface area contributed by atoms with E-state index in [9.17, 15) is 18.0 Å². The van der Waals surface area contributed by atoms with Gasteiger partial charge in [-0.05, 0) is 95.0 Å². The Balaban J connectivity index is 2.10. The third-order valence-electron chi connectivity index (χ3n) is 6.27. The number of nitrogens with zero attached hydrogens (tertiary/aromatic N) is 2. The van der Waals surface area contributed by atoms with Crippen molar-refractivity contribution < 1.29 is 22.7 Å². The fourth-order valence-corrected chi connectivity index (χ4v) is 6.26. The number of carbonyl (C=O) groups is 2. The molecule has 0 fully saturated rings. The van der Waals surface area contributed by atoms with Crippen LogP contribution < -0.4 is 14.4 Å². The number of amides is 2. The SMILES string of the molecule is CCOc1ccccc1N(CC(=O)N(Cc1cccc(Cl)c1)[C@@H](C)C(=O)NC(C)(C)C)S(=O)(=O)c1ccc(SC)cc1. The van der Waals surface area contributed by atoms with E-state index in [1.165, 1.54) is 28.8 Å². The number of ether oxygens (including phenoxy) is 1.